The van der Waals surface area contributed by atoms with Gasteiger partial charge in [0.15, 0.2) is 5.96 Å². The molecule has 0 spiro atoms. The van der Waals surface area contributed by atoms with Gasteiger partial charge in [-0.25, -0.2) is 0 Å². The van der Waals surface area contributed by atoms with Gasteiger partial charge in [-0.2, -0.15) is 0 Å². The van der Waals surface area contributed by atoms with Crippen LogP contribution in [-0.4, -0.2) is 38.0 Å². The van der Waals surface area contributed by atoms with Crippen LogP contribution in [-0.2, 0) is 0 Å². The van der Waals surface area contributed by atoms with Gasteiger partial charge in [0.05, 0.1) is 0 Å². The fourth-order valence-electron chi connectivity index (χ4n) is 1.67. The molecule has 0 bridgehead atoms. The highest BCUT2D eigenvalue weighted by Crippen LogP contribution is 2.11. The number of halogens is 1. The first kappa shape index (κ1) is 18.5. The molecule has 1 aromatic rings. The van der Waals surface area contributed by atoms with E-state index in [-0.39, 0.29) is 5.91 Å². The zero-order chi connectivity index (χ0) is 16.5. The zero-order valence-electron chi connectivity index (χ0n) is 13.6. The van der Waals surface area contributed by atoms with Gasteiger partial charge in [-0.1, -0.05) is 35.8 Å². The fraction of sp³-hybridized carbons (Fsp3) is 0.500. The highest BCUT2D eigenvalue weighted by molar-refractivity contribution is 9.10. The number of carbonyl (C=O) groups excluding carboxylic acids is 1. The third-order valence-electron chi connectivity index (χ3n) is 3.38. The van der Waals surface area contributed by atoms with Crippen LogP contribution >= 0.6 is 15.9 Å². The topological polar surface area (TPSA) is 65.5 Å². The number of aliphatic imine (C=N–C) groups is 1. The van der Waals surface area contributed by atoms with Crippen LogP contribution in [0.3, 0.4) is 0 Å². The van der Waals surface area contributed by atoms with Crippen molar-refractivity contribution in [1.29, 1.82) is 0 Å². The molecule has 0 aromatic heterocycles. The van der Waals surface area contributed by atoms with Crippen molar-refractivity contribution in [1.82, 2.24) is 16.0 Å². The van der Waals surface area contributed by atoms with E-state index >= 15 is 0 Å². The summed E-state index contributed by atoms with van der Waals surface area (Å²) in [6.45, 7) is 7.57. The molecule has 22 heavy (non-hydrogen) atoms. The molecule has 1 unspecified atom stereocenters. The summed E-state index contributed by atoms with van der Waals surface area (Å²) in [5.41, 5.74) is 0.644. The summed E-state index contributed by atoms with van der Waals surface area (Å²) in [6, 6.07) is 7.66. The van der Waals surface area contributed by atoms with Gasteiger partial charge in [0.25, 0.3) is 5.91 Å². The number of benzene rings is 1. The summed E-state index contributed by atoms with van der Waals surface area (Å²) < 4.78 is 0.894. The maximum Gasteiger partial charge on any atom is 0.251 e. The standard InChI is InChI=1S/C16H25BrN4O/c1-11(2)12(3)21-16(18-4)20-9-8-19-15(22)13-6-5-7-14(17)10-13/h5-7,10-12H,8-9H2,1-4H3,(H,19,22)(H2,18,20,21). The predicted molar refractivity (Wildman–Crippen MR) is 95.3 cm³/mol. The Balaban J connectivity index is 2.33. The van der Waals surface area contributed by atoms with E-state index in [1.807, 2.05) is 12.1 Å². The third-order valence-corrected chi connectivity index (χ3v) is 3.87. The lowest BCUT2D eigenvalue weighted by Crippen LogP contribution is -2.46. The van der Waals surface area contributed by atoms with E-state index in [2.05, 4.69) is 57.6 Å². The van der Waals surface area contributed by atoms with E-state index in [0.29, 0.717) is 30.6 Å². The first-order valence-corrected chi connectivity index (χ1v) is 8.24. The lowest BCUT2D eigenvalue weighted by molar-refractivity contribution is 0.0954. The van der Waals surface area contributed by atoms with E-state index in [9.17, 15) is 4.79 Å². The smallest absolute Gasteiger partial charge is 0.251 e. The number of hydrogen-bond acceptors (Lipinski definition) is 2. The average Bonchev–Trinajstić information content (AvgIpc) is 2.49. The van der Waals surface area contributed by atoms with Crippen molar-refractivity contribution in [3.05, 3.63) is 34.3 Å². The van der Waals surface area contributed by atoms with Crippen LogP contribution in [0.5, 0.6) is 0 Å². The molecule has 122 valence electrons. The van der Waals surface area contributed by atoms with E-state index in [1.54, 1.807) is 19.2 Å². The Morgan fingerprint density at radius 3 is 2.50 bits per heavy atom. The normalized spacial score (nSPS) is 12.9. The Morgan fingerprint density at radius 1 is 1.23 bits per heavy atom. The second kappa shape index (κ2) is 9.46. The molecule has 0 fully saturated rings. The Labute approximate surface area is 141 Å². The van der Waals surface area contributed by atoms with Gasteiger partial charge >= 0.3 is 0 Å². The Bertz CT molecular complexity index is 517. The molecule has 1 rings (SSSR count). The molecule has 1 aromatic carbocycles. The summed E-state index contributed by atoms with van der Waals surface area (Å²) in [7, 11) is 1.74. The van der Waals surface area contributed by atoms with Gasteiger partial charge in [-0.3, -0.25) is 9.79 Å². The molecule has 1 amide bonds. The molecule has 0 saturated heterocycles. The second-order valence-electron chi connectivity index (χ2n) is 5.44. The van der Waals surface area contributed by atoms with Gasteiger partial charge < -0.3 is 16.0 Å². The number of hydrogen-bond donors (Lipinski definition) is 3. The molecule has 1 atom stereocenters. The van der Waals surface area contributed by atoms with Gasteiger partial charge in [0.2, 0.25) is 0 Å². The van der Waals surface area contributed by atoms with Crippen LogP contribution < -0.4 is 16.0 Å². The number of carbonyl (C=O) groups is 1. The maximum atomic E-state index is 12.0. The summed E-state index contributed by atoms with van der Waals surface area (Å²) in [4.78, 5) is 16.1. The Kier molecular flexibility index (Phi) is 7.95. The molecular weight excluding hydrogens is 344 g/mol. The minimum atomic E-state index is -0.0819. The Hall–Kier alpha value is -1.56. The SMILES string of the molecule is CN=C(NCCNC(=O)c1cccc(Br)c1)NC(C)C(C)C. The highest BCUT2D eigenvalue weighted by Gasteiger charge is 2.09. The second-order valence-corrected chi connectivity index (χ2v) is 6.36. The third kappa shape index (κ3) is 6.47. The Morgan fingerprint density at radius 2 is 1.91 bits per heavy atom. The largest absolute Gasteiger partial charge is 0.355 e. The summed E-state index contributed by atoms with van der Waals surface area (Å²) in [5.74, 6) is 1.19. The maximum absolute atomic E-state index is 12.0. The van der Waals surface area contributed by atoms with Gasteiger partial charge in [0, 0.05) is 36.2 Å². The van der Waals surface area contributed by atoms with Crippen LogP contribution in [0.15, 0.2) is 33.7 Å². The van der Waals surface area contributed by atoms with Gasteiger partial charge in [-0.05, 0) is 31.0 Å². The van der Waals surface area contributed by atoms with Crippen molar-refractivity contribution in [3.8, 4) is 0 Å². The number of guanidine groups is 1. The van der Waals surface area contributed by atoms with E-state index in [1.165, 1.54) is 0 Å². The van der Waals surface area contributed by atoms with E-state index in [0.717, 1.165) is 10.4 Å². The fourth-order valence-corrected chi connectivity index (χ4v) is 2.06. The lowest BCUT2D eigenvalue weighted by Gasteiger charge is -2.20. The first-order chi connectivity index (χ1) is 10.4. The summed E-state index contributed by atoms with van der Waals surface area (Å²) >= 11 is 3.36. The highest BCUT2D eigenvalue weighted by atomic mass is 79.9. The van der Waals surface area contributed by atoms with Gasteiger partial charge in [0.1, 0.15) is 0 Å². The van der Waals surface area contributed by atoms with E-state index in [4.69, 9.17) is 0 Å². The van der Waals surface area contributed by atoms with Crippen molar-refractivity contribution >= 4 is 27.8 Å². The number of amides is 1. The minimum Gasteiger partial charge on any atom is -0.355 e. The number of nitrogens with zero attached hydrogens (tertiary/aromatic N) is 1. The first-order valence-electron chi connectivity index (χ1n) is 7.45. The van der Waals surface area contributed by atoms with Crippen molar-refractivity contribution in [3.63, 3.8) is 0 Å². The van der Waals surface area contributed by atoms with Gasteiger partial charge in [-0.15, -0.1) is 0 Å². The molecule has 3 N–H and O–H groups in total. The zero-order valence-corrected chi connectivity index (χ0v) is 15.2. The average molecular weight is 369 g/mol. The molecule has 0 aliphatic rings. The molecule has 0 radical (unpaired) electrons. The molecule has 6 heteroatoms. The number of nitrogens with one attached hydrogen (secondary N) is 3. The molecule has 0 saturated carbocycles. The number of rotatable bonds is 6. The molecular formula is C16H25BrN4O. The van der Waals surface area contributed by atoms with Crippen molar-refractivity contribution in [2.75, 3.05) is 20.1 Å². The van der Waals surface area contributed by atoms with Crippen LogP contribution in [0, 0.1) is 5.92 Å². The monoisotopic (exact) mass is 368 g/mol. The molecule has 0 aliphatic carbocycles. The lowest BCUT2D eigenvalue weighted by atomic mass is 10.1. The predicted octanol–water partition coefficient (Wildman–Crippen LogP) is 2.39. The van der Waals surface area contributed by atoms with E-state index < -0.39 is 0 Å². The molecule has 0 heterocycles. The summed E-state index contributed by atoms with van der Waals surface area (Å²) in [6.07, 6.45) is 0. The summed E-state index contributed by atoms with van der Waals surface area (Å²) in [5, 5.41) is 9.38. The van der Waals surface area contributed by atoms with Crippen LogP contribution in [0.25, 0.3) is 0 Å². The van der Waals surface area contributed by atoms with Crippen molar-refractivity contribution in [2.45, 2.75) is 26.8 Å². The van der Waals surface area contributed by atoms with Crippen LogP contribution in [0.2, 0.25) is 0 Å². The molecule has 0 aliphatic heterocycles. The van der Waals surface area contributed by atoms with Crippen molar-refractivity contribution in [2.24, 2.45) is 10.9 Å². The quantitative estimate of drug-likeness (QED) is 0.410. The van der Waals surface area contributed by atoms with Crippen molar-refractivity contribution < 1.29 is 4.79 Å². The van der Waals surface area contributed by atoms with Crippen LogP contribution in [0.4, 0.5) is 0 Å². The minimum absolute atomic E-state index is 0.0819. The van der Waals surface area contributed by atoms with Crippen LogP contribution in [0.1, 0.15) is 31.1 Å². The molecule has 5 nitrogen and oxygen atoms in total.